The minimum absolute atomic E-state index is 0.201. The second-order valence-corrected chi connectivity index (χ2v) is 10.1. The molecule has 27 heavy (non-hydrogen) atoms. The van der Waals surface area contributed by atoms with E-state index in [2.05, 4.69) is 4.98 Å². The van der Waals surface area contributed by atoms with E-state index in [0.29, 0.717) is 22.9 Å². The zero-order chi connectivity index (χ0) is 18.8. The number of fused-ring (bicyclic) bond motifs is 3. The fraction of sp³-hybridized carbons (Fsp3) is 0.263. The third-order valence-corrected chi connectivity index (χ3v) is 8.34. The fourth-order valence-corrected chi connectivity index (χ4v) is 6.78. The number of likely N-dealkylation sites (tertiary alicyclic amines) is 1. The fourth-order valence-electron chi connectivity index (χ4n) is 4.03. The molecule has 2 atom stereocenters. The summed E-state index contributed by atoms with van der Waals surface area (Å²) in [6.07, 6.45) is 1.59. The maximum atomic E-state index is 13.0. The Morgan fingerprint density at radius 2 is 2.15 bits per heavy atom. The van der Waals surface area contributed by atoms with Gasteiger partial charge in [-0.05, 0) is 42.8 Å². The zero-order valence-electron chi connectivity index (χ0n) is 14.5. The third kappa shape index (κ3) is 2.47. The molecule has 0 aliphatic carbocycles. The molecule has 1 amide bonds. The van der Waals surface area contributed by atoms with Crippen molar-refractivity contribution in [3.63, 3.8) is 0 Å². The highest BCUT2D eigenvalue weighted by Crippen LogP contribution is 2.46. The molecule has 1 saturated heterocycles. The van der Waals surface area contributed by atoms with E-state index >= 15 is 0 Å². The van der Waals surface area contributed by atoms with Gasteiger partial charge >= 0.3 is 0 Å². The van der Waals surface area contributed by atoms with Crippen molar-refractivity contribution in [3.8, 4) is 11.3 Å². The van der Waals surface area contributed by atoms with Gasteiger partial charge in [0.05, 0.1) is 21.4 Å². The normalized spacial score (nSPS) is 22.6. The van der Waals surface area contributed by atoms with Gasteiger partial charge in [-0.15, -0.1) is 11.3 Å². The van der Waals surface area contributed by atoms with Crippen LogP contribution < -0.4 is 0 Å². The van der Waals surface area contributed by atoms with Gasteiger partial charge in [0, 0.05) is 30.0 Å². The zero-order valence-corrected chi connectivity index (χ0v) is 16.1. The van der Waals surface area contributed by atoms with Gasteiger partial charge < -0.3 is 9.32 Å². The average Bonchev–Trinajstić information content (AvgIpc) is 3.41. The summed E-state index contributed by atoms with van der Waals surface area (Å²) in [5.74, 6) is 0.277. The summed E-state index contributed by atoms with van der Waals surface area (Å²) in [6.45, 7) is 2.43. The number of sulfone groups is 1. The summed E-state index contributed by atoms with van der Waals surface area (Å²) in [4.78, 5) is 19.0. The smallest absolute Gasteiger partial charge is 0.273 e. The lowest BCUT2D eigenvalue weighted by atomic mass is 9.96. The number of aromatic nitrogens is 1. The molecular weight excluding hydrogens is 384 g/mol. The Bertz CT molecular complexity index is 1150. The number of hydrogen-bond acceptors (Lipinski definition) is 6. The van der Waals surface area contributed by atoms with Crippen LogP contribution in [0.2, 0.25) is 0 Å². The minimum atomic E-state index is -3.45. The van der Waals surface area contributed by atoms with Crippen LogP contribution in [0.3, 0.4) is 0 Å². The highest BCUT2D eigenvalue weighted by molar-refractivity contribution is 7.92. The first-order valence-electron chi connectivity index (χ1n) is 8.58. The number of carbonyl (C=O) groups excluding carboxylic acids is 1. The molecule has 0 bridgehead atoms. The molecule has 2 aliphatic heterocycles. The van der Waals surface area contributed by atoms with Crippen molar-refractivity contribution in [3.05, 3.63) is 58.2 Å². The standard InChI is InChI=1S/C19H16N2O4S2/c1-11-20-15(10-26-11)19(22)21-8-14-13-7-12(16-3-2-6-25-16)4-5-17(13)27(23,24)18(14)9-21/h2-7,10,14,18H,8-9H2,1H3/t14-,18+/m1/s1. The van der Waals surface area contributed by atoms with E-state index < -0.39 is 15.1 Å². The first kappa shape index (κ1) is 16.7. The summed E-state index contributed by atoms with van der Waals surface area (Å²) in [5.41, 5.74) is 2.01. The number of carbonyl (C=O) groups is 1. The summed E-state index contributed by atoms with van der Waals surface area (Å²) in [6, 6.07) is 8.97. The topological polar surface area (TPSA) is 80.5 Å². The predicted molar refractivity (Wildman–Crippen MR) is 101 cm³/mol. The second-order valence-electron chi connectivity index (χ2n) is 6.88. The molecule has 1 aromatic carbocycles. The Hall–Kier alpha value is -2.45. The molecule has 8 heteroatoms. The largest absolute Gasteiger partial charge is 0.464 e. The van der Waals surface area contributed by atoms with Gasteiger partial charge in [-0.1, -0.05) is 0 Å². The Morgan fingerprint density at radius 1 is 1.30 bits per heavy atom. The SMILES string of the molecule is Cc1nc(C(=O)N2C[C@@H]3c4cc(-c5ccco5)ccc4S(=O)(=O)[C@H]3C2)cs1. The summed E-state index contributed by atoms with van der Waals surface area (Å²) in [7, 11) is -3.45. The molecule has 0 unspecified atom stereocenters. The Kier molecular flexibility index (Phi) is 3.57. The maximum Gasteiger partial charge on any atom is 0.273 e. The van der Waals surface area contributed by atoms with Crippen molar-refractivity contribution in [2.24, 2.45) is 0 Å². The van der Waals surface area contributed by atoms with Crippen LogP contribution in [-0.2, 0) is 9.84 Å². The lowest BCUT2D eigenvalue weighted by Gasteiger charge is -2.16. The highest BCUT2D eigenvalue weighted by Gasteiger charge is 2.51. The van der Waals surface area contributed by atoms with Gasteiger partial charge in [-0.25, -0.2) is 13.4 Å². The minimum Gasteiger partial charge on any atom is -0.464 e. The van der Waals surface area contributed by atoms with Crippen molar-refractivity contribution in [1.29, 1.82) is 0 Å². The number of aryl methyl sites for hydroxylation is 1. The molecule has 0 radical (unpaired) electrons. The molecule has 2 aliphatic rings. The molecule has 2 aromatic heterocycles. The third-order valence-electron chi connectivity index (χ3n) is 5.31. The lowest BCUT2D eigenvalue weighted by molar-refractivity contribution is 0.0785. The van der Waals surface area contributed by atoms with E-state index in [0.717, 1.165) is 16.1 Å². The second kappa shape index (κ2) is 5.77. The summed E-state index contributed by atoms with van der Waals surface area (Å²) in [5, 5.41) is 1.95. The number of nitrogens with zero attached hydrogens (tertiary/aromatic N) is 2. The number of thiazole rings is 1. The monoisotopic (exact) mass is 400 g/mol. The van der Waals surface area contributed by atoms with Crippen molar-refractivity contribution < 1.29 is 17.6 Å². The number of rotatable bonds is 2. The molecular formula is C19H16N2O4S2. The Labute approximate surface area is 160 Å². The van der Waals surface area contributed by atoms with Crippen LogP contribution in [0, 0.1) is 6.92 Å². The molecule has 3 aromatic rings. The van der Waals surface area contributed by atoms with Gasteiger partial charge in [0.2, 0.25) is 0 Å². The van der Waals surface area contributed by atoms with Crippen molar-refractivity contribution in [2.75, 3.05) is 13.1 Å². The Morgan fingerprint density at radius 3 is 2.85 bits per heavy atom. The molecule has 138 valence electrons. The van der Waals surface area contributed by atoms with Gasteiger partial charge in [0.25, 0.3) is 5.91 Å². The number of benzene rings is 1. The van der Waals surface area contributed by atoms with E-state index in [-0.39, 0.29) is 18.4 Å². The van der Waals surface area contributed by atoms with Crippen LogP contribution in [-0.4, -0.2) is 42.5 Å². The van der Waals surface area contributed by atoms with E-state index in [9.17, 15) is 13.2 Å². The van der Waals surface area contributed by atoms with Crippen LogP contribution in [0.25, 0.3) is 11.3 Å². The molecule has 1 fully saturated rings. The van der Waals surface area contributed by atoms with Crippen LogP contribution in [0.4, 0.5) is 0 Å². The van der Waals surface area contributed by atoms with Crippen LogP contribution >= 0.6 is 11.3 Å². The van der Waals surface area contributed by atoms with Crippen LogP contribution in [0.1, 0.15) is 27.0 Å². The van der Waals surface area contributed by atoms with Gasteiger partial charge in [-0.2, -0.15) is 0 Å². The van der Waals surface area contributed by atoms with E-state index in [4.69, 9.17) is 4.42 Å². The van der Waals surface area contributed by atoms with Crippen LogP contribution in [0.15, 0.2) is 51.3 Å². The van der Waals surface area contributed by atoms with Gasteiger partial charge in [0.1, 0.15) is 11.5 Å². The number of furan rings is 1. The summed E-state index contributed by atoms with van der Waals surface area (Å²) < 4.78 is 31.4. The van der Waals surface area contributed by atoms with Gasteiger partial charge in [0.15, 0.2) is 9.84 Å². The molecule has 0 spiro atoms. The molecule has 6 nitrogen and oxygen atoms in total. The van der Waals surface area contributed by atoms with E-state index in [1.165, 1.54) is 11.3 Å². The quantitative estimate of drug-likeness (QED) is 0.660. The Balaban J connectivity index is 1.52. The van der Waals surface area contributed by atoms with Gasteiger partial charge in [-0.3, -0.25) is 4.79 Å². The van der Waals surface area contributed by atoms with E-state index in [1.807, 2.05) is 19.1 Å². The first-order valence-corrected chi connectivity index (χ1v) is 11.0. The lowest BCUT2D eigenvalue weighted by Crippen LogP contribution is -2.31. The number of hydrogen-bond donors (Lipinski definition) is 0. The van der Waals surface area contributed by atoms with Crippen LogP contribution in [0.5, 0.6) is 0 Å². The van der Waals surface area contributed by atoms with Crippen molar-refractivity contribution in [2.45, 2.75) is 23.0 Å². The number of amides is 1. The predicted octanol–water partition coefficient (Wildman–Crippen LogP) is 3.11. The highest BCUT2D eigenvalue weighted by atomic mass is 32.2. The molecule has 4 heterocycles. The molecule has 0 saturated carbocycles. The first-order chi connectivity index (χ1) is 12.9. The van der Waals surface area contributed by atoms with E-state index in [1.54, 1.807) is 34.7 Å². The maximum absolute atomic E-state index is 13.0. The molecule has 0 N–H and O–H groups in total. The average molecular weight is 400 g/mol. The van der Waals surface area contributed by atoms with Crippen molar-refractivity contribution >= 4 is 27.1 Å². The van der Waals surface area contributed by atoms with Crippen molar-refractivity contribution in [1.82, 2.24) is 9.88 Å². The molecule has 5 rings (SSSR count). The summed E-state index contributed by atoms with van der Waals surface area (Å²) >= 11 is 1.41.